The summed E-state index contributed by atoms with van der Waals surface area (Å²) in [5, 5.41) is 12.8. The number of benzene rings is 2. The minimum atomic E-state index is -0.747. The smallest absolute Gasteiger partial charge is 0.240 e. The van der Waals surface area contributed by atoms with Crippen LogP contribution >= 0.6 is 0 Å². The van der Waals surface area contributed by atoms with Gasteiger partial charge in [-0.3, -0.25) is 14.9 Å². The first-order valence-electron chi connectivity index (χ1n) is 16.6. The molecule has 7 heteroatoms. The van der Waals surface area contributed by atoms with E-state index >= 15 is 0 Å². The zero-order valence-electron chi connectivity index (χ0n) is 25.4. The first-order valence-corrected chi connectivity index (χ1v) is 16.6. The summed E-state index contributed by atoms with van der Waals surface area (Å²) < 4.78 is 0. The maximum Gasteiger partial charge on any atom is 0.240 e. The van der Waals surface area contributed by atoms with Gasteiger partial charge in [0.15, 0.2) is 0 Å². The molecule has 0 spiro atoms. The summed E-state index contributed by atoms with van der Waals surface area (Å²) in [6.45, 7) is 0.536. The lowest BCUT2D eigenvalue weighted by Crippen LogP contribution is -2.64. The number of hydrogen-bond acceptors (Lipinski definition) is 3. The summed E-state index contributed by atoms with van der Waals surface area (Å²) in [6.07, 6.45) is 18.0. The molecule has 2 heterocycles. The van der Waals surface area contributed by atoms with E-state index in [2.05, 4.69) is 50.2 Å². The van der Waals surface area contributed by atoms with E-state index in [1.165, 1.54) is 36.6 Å². The Labute approximate surface area is 255 Å². The van der Waals surface area contributed by atoms with Crippen molar-refractivity contribution < 1.29 is 9.59 Å². The third-order valence-electron chi connectivity index (χ3n) is 9.82. The van der Waals surface area contributed by atoms with Gasteiger partial charge in [0.05, 0.1) is 11.6 Å². The number of amides is 2. The van der Waals surface area contributed by atoms with E-state index < -0.39 is 11.6 Å². The molecule has 2 saturated carbocycles. The Morgan fingerprint density at radius 2 is 1.35 bits per heavy atom. The summed E-state index contributed by atoms with van der Waals surface area (Å²) in [4.78, 5) is 35.0. The van der Waals surface area contributed by atoms with Crippen LogP contribution < -0.4 is 16.0 Å². The molecular formula is C36H47N5O2. The van der Waals surface area contributed by atoms with E-state index in [-0.39, 0.29) is 17.9 Å². The van der Waals surface area contributed by atoms with E-state index in [1.807, 2.05) is 36.7 Å². The molecule has 228 valence electrons. The number of carbonyl (C=O) groups excluding carboxylic acids is 2. The number of fused-ring (bicyclic) bond motifs is 2. The number of carbonyl (C=O) groups is 2. The lowest BCUT2D eigenvalue weighted by atomic mass is 9.81. The molecule has 4 aromatic rings. The molecule has 1 atom stereocenters. The van der Waals surface area contributed by atoms with Crippen LogP contribution in [-0.4, -0.2) is 45.9 Å². The topological polar surface area (TPSA) is 102 Å². The van der Waals surface area contributed by atoms with Crippen LogP contribution in [0.5, 0.6) is 0 Å². The minimum absolute atomic E-state index is 0.0444. The van der Waals surface area contributed by atoms with Gasteiger partial charge in [0.2, 0.25) is 11.8 Å². The highest BCUT2D eigenvalue weighted by Gasteiger charge is 2.42. The van der Waals surface area contributed by atoms with Crippen LogP contribution in [0.3, 0.4) is 0 Å². The van der Waals surface area contributed by atoms with Gasteiger partial charge in [-0.25, -0.2) is 0 Å². The predicted octanol–water partition coefficient (Wildman–Crippen LogP) is 6.44. The number of para-hydroxylation sites is 2. The number of hydrogen-bond donors (Lipinski definition) is 5. The second-order valence-electron chi connectivity index (χ2n) is 12.8. The van der Waals surface area contributed by atoms with Crippen molar-refractivity contribution in [3.05, 3.63) is 72.1 Å². The molecule has 5 N–H and O–H groups in total. The lowest BCUT2D eigenvalue weighted by molar-refractivity contribution is -0.131. The fraction of sp³-hybridized carbons (Fsp3) is 0.500. The van der Waals surface area contributed by atoms with Crippen molar-refractivity contribution in [2.75, 3.05) is 6.54 Å². The van der Waals surface area contributed by atoms with Gasteiger partial charge in [0.25, 0.3) is 0 Å². The molecule has 0 saturated heterocycles. The maximum absolute atomic E-state index is 14.2. The van der Waals surface area contributed by atoms with Crippen molar-refractivity contribution in [2.24, 2.45) is 0 Å². The van der Waals surface area contributed by atoms with Crippen molar-refractivity contribution in [2.45, 2.75) is 108 Å². The molecule has 2 fully saturated rings. The predicted molar refractivity (Wildman–Crippen MR) is 174 cm³/mol. The highest BCUT2D eigenvalue weighted by Crippen LogP contribution is 2.30. The molecule has 2 aromatic carbocycles. The Balaban J connectivity index is 1.24. The summed E-state index contributed by atoms with van der Waals surface area (Å²) in [6, 6.07) is 16.2. The van der Waals surface area contributed by atoms with Crippen molar-refractivity contribution >= 4 is 33.6 Å². The van der Waals surface area contributed by atoms with Crippen molar-refractivity contribution in [3.8, 4) is 0 Å². The molecule has 0 bridgehead atoms. The van der Waals surface area contributed by atoms with Gasteiger partial charge < -0.3 is 20.6 Å². The Bertz CT molecular complexity index is 1510. The molecule has 2 amide bonds. The SMILES string of the molecule is O=C(NCCc1c[nH]c2ccccc12)[C@H](Cc1c[nH]c2ccccc12)NC1(C(=O)NC2CCCCC2)CCCCCCC1. The summed E-state index contributed by atoms with van der Waals surface area (Å²) in [7, 11) is 0. The largest absolute Gasteiger partial charge is 0.361 e. The van der Waals surface area contributed by atoms with Crippen molar-refractivity contribution in [3.63, 3.8) is 0 Å². The number of nitrogens with one attached hydrogen (secondary N) is 5. The van der Waals surface area contributed by atoms with Crippen LogP contribution in [0.25, 0.3) is 21.8 Å². The quantitative estimate of drug-likeness (QED) is 0.149. The monoisotopic (exact) mass is 581 g/mol. The highest BCUT2D eigenvalue weighted by molar-refractivity contribution is 5.90. The number of H-pyrrole nitrogens is 2. The Kier molecular flexibility index (Phi) is 9.47. The van der Waals surface area contributed by atoms with Crippen LogP contribution in [0.15, 0.2) is 60.9 Å². The van der Waals surface area contributed by atoms with Gasteiger partial charge in [-0.2, -0.15) is 0 Å². The van der Waals surface area contributed by atoms with Crippen molar-refractivity contribution in [1.29, 1.82) is 0 Å². The Morgan fingerprint density at radius 3 is 2.05 bits per heavy atom. The second kappa shape index (κ2) is 13.8. The second-order valence-corrected chi connectivity index (χ2v) is 12.8. The number of aromatic amines is 2. The summed E-state index contributed by atoms with van der Waals surface area (Å²) in [5.74, 6) is 0.0499. The third-order valence-corrected chi connectivity index (χ3v) is 9.82. The molecule has 0 radical (unpaired) electrons. The lowest BCUT2D eigenvalue weighted by Gasteiger charge is -2.39. The first kappa shape index (κ1) is 29.5. The van der Waals surface area contributed by atoms with Crippen LogP contribution in [0.4, 0.5) is 0 Å². The van der Waals surface area contributed by atoms with Gasteiger partial charge >= 0.3 is 0 Å². The average molecular weight is 582 g/mol. The normalized spacial score (nSPS) is 18.6. The molecule has 2 aliphatic rings. The van der Waals surface area contributed by atoms with Crippen LogP contribution in [0.2, 0.25) is 0 Å². The van der Waals surface area contributed by atoms with E-state index in [4.69, 9.17) is 0 Å². The molecule has 7 nitrogen and oxygen atoms in total. The van der Waals surface area contributed by atoms with Crippen LogP contribution in [0, 0.1) is 0 Å². The number of rotatable bonds is 10. The maximum atomic E-state index is 14.2. The van der Waals surface area contributed by atoms with Crippen LogP contribution in [-0.2, 0) is 22.4 Å². The van der Waals surface area contributed by atoms with Gasteiger partial charge in [-0.1, -0.05) is 87.8 Å². The summed E-state index contributed by atoms with van der Waals surface area (Å²) in [5.41, 5.74) is 3.71. The van der Waals surface area contributed by atoms with Gasteiger partial charge in [-0.15, -0.1) is 0 Å². The van der Waals surface area contributed by atoms with E-state index in [0.29, 0.717) is 13.0 Å². The Hall–Kier alpha value is -3.58. The number of aromatic nitrogens is 2. The van der Waals surface area contributed by atoms with Gasteiger partial charge in [-0.05, 0) is 61.8 Å². The van der Waals surface area contributed by atoms with Crippen molar-refractivity contribution in [1.82, 2.24) is 25.9 Å². The van der Waals surface area contributed by atoms with E-state index in [0.717, 1.165) is 79.8 Å². The summed E-state index contributed by atoms with van der Waals surface area (Å²) >= 11 is 0. The van der Waals surface area contributed by atoms with Gasteiger partial charge in [0, 0.05) is 46.8 Å². The average Bonchev–Trinajstić information content (AvgIpc) is 3.63. The molecular weight excluding hydrogens is 534 g/mol. The highest BCUT2D eigenvalue weighted by atomic mass is 16.2. The van der Waals surface area contributed by atoms with Gasteiger partial charge in [0.1, 0.15) is 0 Å². The third kappa shape index (κ3) is 6.98. The zero-order chi connectivity index (χ0) is 29.5. The van der Waals surface area contributed by atoms with E-state index in [9.17, 15) is 9.59 Å². The van der Waals surface area contributed by atoms with E-state index in [1.54, 1.807) is 0 Å². The molecule has 2 aromatic heterocycles. The molecule has 43 heavy (non-hydrogen) atoms. The fourth-order valence-corrected chi connectivity index (χ4v) is 7.36. The molecule has 0 unspecified atom stereocenters. The zero-order valence-corrected chi connectivity index (χ0v) is 25.4. The first-order chi connectivity index (χ1) is 21.1. The van der Waals surface area contributed by atoms with Crippen LogP contribution in [0.1, 0.15) is 88.2 Å². The molecule has 6 rings (SSSR count). The molecule has 0 aliphatic heterocycles. The standard InChI is InChI=1S/C36H47N5O2/c42-34(37-22-19-26-24-38-31-17-9-7-15-29(26)31)33(23-27-25-39-32-18-10-8-16-30(27)32)41-36(20-11-2-1-3-12-21-36)35(43)40-28-13-5-4-6-14-28/h7-10,15-18,24-25,28,33,38-39,41H,1-6,11-14,19-23H2,(H,37,42)(H,40,43)/t33-/m0/s1. The Morgan fingerprint density at radius 1 is 0.767 bits per heavy atom. The molecule has 2 aliphatic carbocycles. The minimum Gasteiger partial charge on any atom is -0.361 e. The fourth-order valence-electron chi connectivity index (χ4n) is 7.36.